The molecule has 0 radical (unpaired) electrons. The predicted molar refractivity (Wildman–Crippen MR) is 100 cm³/mol. The third kappa shape index (κ3) is 3.37. The summed E-state index contributed by atoms with van der Waals surface area (Å²) >= 11 is 1.17. The molecule has 130 valence electrons. The number of sulfonamides is 1. The van der Waals surface area contributed by atoms with Crippen LogP contribution in [0, 0.1) is 0 Å². The van der Waals surface area contributed by atoms with Gasteiger partial charge in [0, 0.05) is 16.8 Å². The first-order valence-corrected chi connectivity index (χ1v) is 10.0. The van der Waals surface area contributed by atoms with Crippen LogP contribution in [0.1, 0.15) is 0 Å². The molecule has 2 aromatic carbocycles. The monoisotopic (exact) mass is 383 g/mol. The fourth-order valence-corrected chi connectivity index (χ4v) is 4.40. The Morgan fingerprint density at radius 2 is 1.65 bits per heavy atom. The molecule has 0 saturated heterocycles. The molecule has 0 fully saturated rings. The van der Waals surface area contributed by atoms with E-state index in [0.717, 1.165) is 11.1 Å². The molecule has 2 heterocycles. The molecule has 6 nitrogen and oxygen atoms in total. The van der Waals surface area contributed by atoms with E-state index in [-0.39, 0.29) is 4.21 Å². The number of anilines is 1. The topological polar surface area (TPSA) is 85.1 Å². The molecule has 0 unspecified atom stereocenters. The van der Waals surface area contributed by atoms with Crippen LogP contribution in [0.15, 0.2) is 80.8 Å². The Hall–Kier alpha value is -2.97. The maximum Gasteiger partial charge on any atom is 0.271 e. The average molecular weight is 383 g/mol. The van der Waals surface area contributed by atoms with Crippen molar-refractivity contribution >= 4 is 27.0 Å². The van der Waals surface area contributed by atoms with Crippen LogP contribution < -0.4 is 4.72 Å². The van der Waals surface area contributed by atoms with Crippen molar-refractivity contribution in [1.29, 1.82) is 0 Å². The first-order valence-electron chi connectivity index (χ1n) is 7.68. The summed E-state index contributed by atoms with van der Waals surface area (Å²) in [5.41, 5.74) is 2.04. The zero-order chi connectivity index (χ0) is 18.0. The van der Waals surface area contributed by atoms with Crippen LogP contribution >= 0.6 is 11.3 Å². The summed E-state index contributed by atoms with van der Waals surface area (Å²) in [6.45, 7) is 0. The summed E-state index contributed by atoms with van der Waals surface area (Å²) < 4.78 is 32.6. The first-order chi connectivity index (χ1) is 12.6. The lowest BCUT2D eigenvalue weighted by Gasteiger charge is -2.06. The molecule has 0 saturated carbocycles. The molecular formula is C18H13N3O3S2. The van der Waals surface area contributed by atoms with E-state index < -0.39 is 10.0 Å². The number of nitrogens with zero attached hydrogens (tertiary/aromatic N) is 2. The number of nitrogens with one attached hydrogen (secondary N) is 1. The van der Waals surface area contributed by atoms with Gasteiger partial charge in [0.2, 0.25) is 5.82 Å². The standard InChI is InChI=1S/C18H13N3O3S2/c22-26(23,16-7-4-12-25-16)21-15-10-8-13(9-11-15)17-19-18(24-20-17)14-5-2-1-3-6-14/h1-12,21H. The van der Waals surface area contributed by atoms with Crippen LogP contribution in [0.3, 0.4) is 0 Å². The first kappa shape index (κ1) is 16.5. The summed E-state index contributed by atoms with van der Waals surface area (Å²) in [5, 5.41) is 5.71. The number of rotatable bonds is 5. The quantitative estimate of drug-likeness (QED) is 0.556. The number of hydrogen-bond donors (Lipinski definition) is 1. The Morgan fingerprint density at radius 1 is 0.885 bits per heavy atom. The summed E-state index contributed by atoms with van der Waals surface area (Å²) in [4.78, 5) is 4.38. The minimum atomic E-state index is -3.56. The fourth-order valence-electron chi connectivity index (χ4n) is 2.35. The molecule has 0 aliphatic heterocycles. The maximum absolute atomic E-state index is 12.2. The summed E-state index contributed by atoms with van der Waals surface area (Å²) in [6, 6.07) is 19.6. The van der Waals surface area contributed by atoms with Gasteiger partial charge in [0.25, 0.3) is 15.9 Å². The molecule has 0 aliphatic rings. The van der Waals surface area contributed by atoms with Crippen LogP contribution in [0.4, 0.5) is 5.69 Å². The highest BCUT2D eigenvalue weighted by Gasteiger charge is 2.15. The van der Waals surface area contributed by atoms with E-state index in [1.54, 1.807) is 41.8 Å². The highest BCUT2D eigenvalue weighted by atomic mass is 32.2. The number of hydrogen-bond acceptors (Lipinski definition) is 6. The van der Waals surface area contributed by atoms with E-state index in [1.165, 1.54) is 11.3 Å². The van der Waals surface area contributed by atoms with Gasteiger partial charge in [-0.25, -0.2) is 8.42 Å². The third-order valence-electron chi connectivity index (χ3n) is 3.60. The summed E-state index contributed by atoms with van der Waals surface area (Å²) in [7, 11) is -3.56. The van der Waals surface area contributed by atoms with E-state index in [1.807, 2.05) is 30.3 Å². The smallest absolute Gasteiger partial charge is 0.271 e. The van der Waals surface area contributed by atoms with E-state index >= 15 is 0 Å². The van der Waals surface area contributed by atoms with Gasteiger partial charge in [0.15, 0.2) is 0 Å². The Labute approximate surface area is 154 Å². The zero-order valence-electron chi connectivity index (χ0n) is 13.4. The molecule has 2 aromatic heterocycles. The van der Waals surface area contributed by atoms with Crippen molar-refractivity contribution in [2.75, 3.05) is 4.72 Å². The zero-order valence-corrected chi connectivity index (χ0v) is 15.0. The predicted octanol–water partition coefficient (Wildman–Crippen LogP) is 4.27. The summed E-state index contributed by atoms with van der Waals surface area (Å²) in [6.07, 6.45) is 0. The van der Waals surface area contributed by atoms with Gasteiger partial charge in [0.1, 0.15) is 4.21 Å². The SMILES string of the molecule is O=S(=O)(Nc1ccc(-c2noc(-c3ccccc3)n2)cc1)c1cccs1. The van der Waals surface area contributed by atoms with Gasteiger partial charge in [-0.3, -0.25) is 4.72 Å². The second kappa shape index (κ2) is 6.74. The Bertz CT molecular complexity index is 1100. The molecule has 8 heteroatoms. The van der Waals surface area contributed by atoms with Crippen LogP contribution in [0.25, 0.3) is 22.8 Å². The Balaban J connectivity index is 1.54. The van der Waals surface area contributed by atoms with Crippen molar-refractivity contribution in [3.05, 3.63) is 72.1 Å². The molecule has 0 aliphatic carbocycles. The molecule has 26 heavy (non-hydrogen) atoms. The fraction of sp³-hybridized carbons (Fsp3) is 0. The number of aromatic nitrogens is 2. The van der Waals surface area contributed by atoms with Gasteiger partial charge >= 0.3 is 0 Å². The van der Waals surface area contributed by atoms with Gasteiger partial charge < -0.3 is 4.52 Å². The Kier molecular flexibility index (Phi) is 4.27. The van der Waals surface area contributed by atoms with Crippen molar-refractivity contribution in [3.63, 3.8) is 0 Å². The van der Waals surface area contributed by atoms with E-state index in [2.05, 4.69) is 14.9 Å². The molecule has 4 rings (SSSR count). The van der Waals surface area contributed by atoms with Gasteiger partial charge in [-0.15, -0.1) is 11.3 Å². The average Bonchev–Trinajstić information content (AvgIpc) is 3.35. The normalized spacial score (nSPS) is 11.4. The van der Waals surface area contributed by atoms with E-state index in [9.17, 15) is 8.42 Å². The van der Waals surface area contributed by atoms with Gasteiger partial charge in [-0.05, 0) is 47.8 Å². The highest BCUT2D eigenvalue weighted by Crippen LogP contribution is 2.25. The molecule has 0 spiro atoms. The minimum absolute atomic E-state index is 0.271. The Morgan fingerprint density at radius 3 is 2.35 bits per heavy atom. The second-order valence-corrected chi connectivity index (χ2v) is 8.26. The van der Waals surface area contributed by atoms with Crippen molar-refractivity contribution in [3.8, 4) is 22.8 Å². The second-order valence-electron chi connectivity index (χ2n) is 5.40. The van der Waals surface area contributed by atoms with Crippen molar-refractivity contribution < 1.29 is 12.9 Å². The largest absolute Gasteiger partial charge is 0.334 e. The summed E-state index contributed by atoms with van der Waals surface area (Å²) in [5.74, 6) is 0.875. The van der Waals surface area contributed by atoms with Gasteiger partial charge in [-0.1, -0.05) is 29.4 Å². The van der Waals surface area contributed by atoms with Gasteiger partial charge in [-0.2, -0.15) is 4.98 Å². The van der Waals surface area contributed by atoms with Crippen LogP contribution in [0.5, 0.6) is 0 Å². The molecule has 0 bridgehead atoms. The molecule has 1 N–H and O–H groups in total. The molecule has 0 atom stereocenters. The minimum Gasteiger partial charge on any atom is -0.334 e. The van der Waals surface area contributed by atoms with Gasteiger partial charge in [0.05, 0.1) is 0 Å². The lowest BCUT2D eigenvalue weighted by molar-refractivity contribution is 0.432. The lowest BCUT2D eigenvalue weighted by Crippen LogP contribution is -2.11. The molecule has 4 aromatic rings. The van der Waals surface area contributed by atoms with Crippen molar-refractivity contribution in [2.24, 2.45) is 0 Å². The van der Waals surface area contributed by atoms with Crippen LogP contribution in [0.2, 0.25) is 0 Å². The number of thiophene rings is 1. The number of benzene rings is 2. The van der Waals surface area contributed by atoms with Crippen LogP contribution in [-0.4, -0.2) is 18.6 Å². The molecule has 0 amide bonds. The van der Waals surface area contributed by atoms with Crippen LogP contribution in [-0.2, 0) is 10.0 Å². The van der Waals surface area contributed by atoms with Crippen molar-refractivity contribution in [1.82, 2.24) is 10.1 Å². The lowest BCUT2D eigenvalue weighted by atomic mass is 10.2. The molecular weight excluding hydrogens is 370 g/mol. The van der Waals surface area contributed by atoms with Crippen molar-refractivity contribution in [2.45, 2.75) is 4.21 Å². The maximum atomic E-state index is 12.2. The highest BCUT2D eigenvalue weighted by molar-refractivity contribution is 7.94. The third-order valence-corrected chi connectivity index (χ3v) is 6.38. The van der Waals surface area contributed by atoms with E-state index in [4.69, 9.17) is 4.52 Å². The van der Waals surface area contributed by atoms with E-state index in [0.29, 0.717) is 17.4 Å².